The lowest BCUT2D eigenvalue weighted by Gasteiger charge is -2.10. The highest BCUT2D eigenvalue weighted by Crippen LogP contribution is 2.17. The predicted molar refractivity (Wildman–Crippen MR) is 103 cm³/mol. The van der Waals surface area contributed by atoms with Gasteiger partial charge in [0.05, 0.1) is 10.5 Å². The van der Waals surface area contributed by atoms with Crippen LogP contribution in [0.2, 0.25) is 0 Å². The van der Waals surface area contributed by atoms with E-state index in [1.807, 2.05) is 0 Å². The zero-order chi connectivity index (χ0) is 20.9. The van der Waals surface area contributed by atoms with Gasteiger partial charge in [0.15, 0.2) is 16.4 Å². The van der Waals surface area contributed by atoms with E-state index in [4.69, 9.17) is 4.74 Å². The molecule has 2 aromatic carbocycles. The van der Waals surface area contributed by atoms with E-state index in [2.05, 4.69) is 10.6 Å². The number of carbonyl (C=O) groups excluding carboxylic acids is 3. The average Bonchev–Trinajstić information content (AvgIpc) is 2.65. The Morgan fingerprint density at radius 2 is 1.79 bits per heavy atom. The molecule has 2 N–H and O–H groups in total. The van der Waals surface area contributed by atoms with Gasteiger partial charge >= 0.3 is 5.97 Å². The predicted octanol–water partition coefficient (Wildman–Crippen LogP) is 1.55. The maximum atomic E-state index is 12.2. The molecule has 148 valence electrons. The van der Waals surface area contributed by atoms with Crippen LogP contribution in [0.3, 0.4) is 0 Å². The maximum Gasteiger partial charge on any atom is 0.338 e. The fourth-order valence-corrected chi connectivity index (χ4v) is 2.99. The fraction of sp³-hybridized carbons (Fsp3) is 0.211. The lowest BCUT2D eigenvalue weighted by atomic mass is 10.1. The van der Waals surface area contributed by atoms with Crippen LogP contribution in [0.5, 0.6) is 0 Å². The van der Waals surface area contributed by atoms with Crippen LogP contribution in [0.4, 0.5) is 5.69 Å². The zero-order valence-corrected chi connectivity index (χ0v) is 16.4. The molecule has 2 rings (SSSR count). The van der Waals surface area contributed by atoms with Crippen molar-refractivity contribution in [2.24, 2.45) is 0 Å². The number of anilines is 1. The van der Waals surface area contributed by atoms with Gasteiger partial charge in [-0.25, -0.2) is 13.2 Å². The van der Waals surface area contributed by atoms with E-state index in [1.54, 1.807) is 25.1 Å². The Labute approximate surface area is 162 Å². The van der Waals surface area contributed by atoms with Gasteiger partial charge in [-0.15, -0.1) is 0 Å². The second-order valence-corrected chi connectivity index (χ2v) is 8.05. The number of hydrogen-bond donors (Lipinski definition) is 2. The summed E-state index contributed by atoms with van der Waals surface area (Å²) in [6, 6.07) is 10.4. The summed E-state index contributed by atoms with van der Waals surface area (Å²) in [5.41, 5.74) is 1.33. The standard InChI is InChI=1S/C19H20N2O6S/c1-12-7-8-15(28(3,25)26)10-16(12)19(24)27-11-17(22)21-14-6-4-5-13(9-14)18(23)20-2/h4-10H,11H2,1-3H3,(H,20,23)(H,21,22). The molecule has 28 heavy (non-hydrogen) atoms. The van der Waals surface area contributed by atoms with E-state index in [9.17, 15) is 22.8 Å². The van der Waals surface area contributed by atoms with Gasteiger partial charge in [-0.3, -0.25) is 9.59 Å². The molecule has 0 radical (unpaired) electrons. The summed E-state index contributed by atoms with van der Waals surface area (Å²) < 4.78 is 28.3. The first-order valence-electron chi connectivity index (χ1n) is 8.21. The van der Waals surface area contributed by atoms with E-state index in [0.717, 1.165) is 6.26 Å². The Morgan fingerprint density at radius 3 is 2.43 bits per heavy atom. The van der Waals surface area contributed by atoms with Crippen LogP contribution in [0.15, 0.2) is 47.4 Å². The third-order valence-corrected chi connectivity index (χ3v) is 4.94. The molecule has 0 heterocycles. The molecular weight excluding hydrogens is 384 g/mol. The Morgan fingerprint density at radius 1 is 1.07 bits per heavy atom. The Kier molecular flexibility index (Phi) is 6.53. The number of nitrogens with one attached hydrogen (secondary N) is 2. The molecule has 0 bridgehead atoms. The summed E-state index contributed by atoms with van der Waals surface area (Å²) in [7, 11) is -1.99. The van der Waals surface area contributed by atoms with Gasteiger partial charge in [-0.05, 0) is 42.8 Å². The van der Waals surface area contributed by atoms with Crippen molar-refractivity contribution < 1.29 is 27.5 Å². The van der Waals surface area contributed by atoms with Crippen LogP contribution in [-0.2, 0) is 19.4 Å². The third-order valence-electron chi connectivity index (χ3n) is 3.83. The minimum absolute atomic E-state index is 0.0134. The van der Waals surface area contributed by atoms with Crippen LogP contribution in [0, 0.1) is 6.92 Å². The number of sulfone groups is 1. The minimum atomic E-state index is -3.48. The quantitative estimate of drug-likeness (QED) is 0.705. The number of aryl methyl sites for hydroxylation is 1. The van der Waals surface area contributed by atoms with Crippen molar-refractivity contribution in [1.82, 2.24) is 5.32 Å². The zero-order valence-electron chi connectivity index (χ0n) is 15.6. The highest BCUT2D eigenvalue weighted by molar-refractivity contribution is 7.90. The lowest BCUT2D eigenvalue weighted by molar-refractivity contribution is -0.119. The lowest BCUT2D eigenvalue weighted by Crippen LogP contribution is -2.22. The molecule has 9 heteroatoms. The summed E-state index contributed by atoms with van der Waals surface area (Å²) in [6.07, 6.45) is 1.03. The van der Waals surface area contributed by atoms with Crippen LogP contribution >= 0.6 is 0 Å². The van der Waals surface area contributed by atoms with Gasteiger partial charge in [0.25, 0.3) is 11.8 Å². The maximum absolute atomic E-state index is 12.2. The number of benzene rings is 2. The van der Waals surface area contributed by atoms with Gasteiger partial charge in [0, 0.05) is 24.6 Å². The van der Waals surface area contributed by atoms with Crippen LogP contribution < -0.4 is 10.6 Å². The van der Waals surface area contributed by atoms with Crippen molar-refractivity contribution in [3.05, 3.63) is 59.2 Å². The second kappa shape index (κ2) is 8.66. The van der Waals surface area contributed by atoms with Crippen molar-refractivity contribution in [3.63, 3.8) is 0 Å². The Hall–Kier alpha value is -3.20. The molecule has 0 saturated carbocycles. The van der Waals surface area contributed by atoms with E-state index in [1.165, 1.54) is 31.3 Å². The first kappa shape index (κ1) is 21.1. The molecular formula is C19H20N2O6S. The molecule has 0 aliphatic heterocycles. The number of hydrogen-bond acceptors (Lipinski definition) is 6. The van der Waals surface area contributed by atoms with Crippen molar-refractivity contribution in [2.45, 2.75) is 11.8 Å². The van der Waals surface area contributed by atoms with Crippen molar-refractivity contribution in [3.8, 4) is 0 Å². The van der Waals surface area contributed by atoms with Crippen LogP contribution in [-0.4, -0.2) is 46.1 Å². The molecule has 2 amide bonds. The molecule has 0 unspecified atom stereocenters. The molecule has 0 spiro atoms. The van der Waals surface area contributed by atoms with Gasteiger partial charge < -0.3 is 15.4 Å². The summed E-state index contributed by atoms with van der Waals surface area (Å²) in [6.45, 7) is 1.07. The highest BCUT2D eigenvalue weighted by atomic mass is 32.2. The van der Waals surface area contributed by atoms with E-state index in [-0.39, 0.29) is 16.4 Å². The van der Waals surface area contributed by atoms with E-state index in [0.29, 0.717) is 16.8 Å². The Balaban J connectivity index is 2.03. The minimum Gasteiger partial charge on any atom is -0.452 e. The molecule has 0 saturated heterocycles. The summed E-state index contributed by atoms with van der Waals surface area (Å²) in [5, 5.41) is 5.00. The van der Waals surface area contributed by atoms with E-state index >= 15 is 0 Å². The smallest absolute Gasteiger partial charge is 0.338 e. The van der Waals surface area contributed by atoms with Gasteiger partial charge in [0.1, 0.15) is 0 Å². The average molecular weight is 404 g/mol. The molecule has 2 aromatic rings. The van der Waals surface area contributed by atoms with Gasteiger partial charge in [0.2, 0.25) is 0 Å². The summed E-state index contributed by atoms with van der Waals surface area (Å²) in [4.78, 5) is 35.9. The Bertz CT molecular complexity index is 1030. The first-order valence-corrected chi connectivity index (χ1v) is 10.1. The normalized spacial score (nSPS) is 10.8. The fourth-order valence-electron chi connectivity index (χ4n) is 2.34. The van der Waals surface area contributed by atoms with E-state index < -0.39 is 28.3 Å². The monoisotopic (exact) mass is 404 g/mol. The highest BCUT2D eigenvalue weighted by Gasteiger charge is 2.17. The number of ether oxygens (including phenoxy) is 1. The second-order valence-electron chi connectivity index (χ2n) is 6.03. The first-order chi connectivity index (χ1) is 13.1. The number of rotatable bonds is 6. The van der Waals surface area contributed by atoms with Crippen LogP contribution in [0.25, 0.3) is 0 Å². The SMILES string of the molecule is CNC(=O)c1cccc(NC(=O)COC(=O)c2cc(S(C)(=O)=O)ccc2C)c1. The van der Waals surface area contributed by atoms with Crippen molar-refractivity contribution in [1.29, 1.82) is 0 Å². The van der Waals surface area contributed by atoms with Crippen molar-refractivity contribution >= 4 is 33.3 Å². The largest absolute Gasteiger partial charge is 0.452 e. The summed E-state index contributed by atoms with van der Waals surface area (Å²) >= 11 is 0. The molecule has 0 fully saturated rings. The number of carbonyl (C=O) groups is 3. The molecule has 0 aliphatic carbocycles. The summed E-state index contributed by atoms with van der Waals surface area (Å²) in [5.74, 6) is -1.71. The third kappa shape index (κ3) is 5.40. The van der Waals surface area contributed by atoms with Crippen molar-refractivity contribution in [2.75, 3.05) is 25.2 Å². The molecule has 0 aliphatic rings. The van der Waals surface area contributed by atoms with Crippen LogP contribution in [0.1, 0.15) is 26.3 Å². The molecule has 0 aromatic heterocycles. The number of esters is 1. The molecule has 0 atom stereocenters. The van der Waals surface area contributed by atoms with Gasteiger partial charge in [-0.2, -0.15) is 0 Å². The topological polar surface area (TPSA) is 119 Å². The molecule has 8 nitrogen and oxygen atoms in total. The number of amides is 2. The van der Waals surface area contributed by atoms with Gasteiger partial charge in [-0.1, -0.05) is 12.1 Å².